The molecule has 2 aliphatic rings. The van der Waals surface area contributed by atoms with Gasteiger partial charge in [0.25, 0.3) is 0 Å². The van der Waals surface area contributed by atoms with Crippen LogP contribution >= 0.6 is 0 Å². The summed E-state index contributed by atoms with van der Waals surface area (Å²) in [6.45, 7) is 2.20. The molecule has 1 heteroatoms. The molecule has 1 N–H and O–H groups in total. The van der Waals surface area contributed by atoms with Crippen molar-refractivity contribution in [3.8, 4) is 0 Å². The fraction of sp³-hybridized carbons (Fsp3) is 0.500. The third kappa shape index (κ3) is 0.932. The Morgan fingerprint density at radius 1 is 1.31 bits per heavy atom. The van der Waals surface area contributed by atoms with Crippen LogP contribution in [-0.4, -0.2) is 6.04 Å². The molecule has 2 atom stereocenters. The summed E-state index contributed by atoms with van der Waals surface area (Å²) in [6.07, 6.45) is 4.14. The van der Waals surface area contributed by atoms with Crippen molar-refractivity contribution < 1.29 is 0 Å². The van der Waals surface area contributed by atoms with Gasteiger partial charge in [0.1, 0.15) is 0 Å². The first-order chi connectivity index (χ1) is 6.36. The first-order valence-corrected chi connectivity index (χ1v) is 5.22. The second-order valence-corrected chi connectivity index (χ2v) is 4.33. The van der Waals surface area contributed by atoms with Crippen molar-refractivity contribution in [3.63, 3.8) is 0 Å². The molecule has 1 aliphatic heterocycles. The molecule has 1 saturated carbocycles. The van der Waals surface area contributed by atoms with Crippen molar-refractivity contribution in [1.82, 2.24) is 0 Å². The van der Waals surface area contributed by atoms with Crippen LogP contribution in [0.4, 0.5) is 5.69 Å². The van der Waals surface area contributed by atoms with Crippen LogP contribution in [0.25, 0.3) is 0 Å². The molecule has 0 amide bonds. The van der Waals surface area contributed by atoms with Crippen LogP contribution in [0.3, 0.4) is 0 Å². The summed E-state index contributed by atoms with van der Waals surface area (Å²) in [7, 11) is 0. The van der Waals surface area contributed by atoms with Crippen LogP contribution in [0, 0.1) is 6.92 Å². The fourth-order valence-corrected chi connectivity index (χ4v) is 2.89. The zero-order chi connectivity index (χ0) is 8.84. The average molecular weight is 173 g/mol. The van der Waals surface area contributed by atoms with Crippen molar-refractivity contribution in [1.29, 1.82) is 0 Å². The van der Waals surface area contributed by atoms with E-state index in [1.807, 2.05) is 0 Å². The molecule has 0 radical (unpaired) electrons. The number of nitrogens with one attached hydrogen (secondary N) is 1. The fourth-order valence-electron chi connectivity index (χ4n) is 2.89. The standard InChI is InChI=1S/C12H15N/c1-8-4-2-6-10-9-5-3-7-11(9)13-12(8)10/h2,4,6,9,11,13H,3,5,7H2,1H3. The highest BCUT2D eigenvalue weighted by molar-refractivity contribution is 5.64. The smallest absolute Gasteiger partial charge is 0.0408 e. The van der Waals surface area contributed by atoms with Gasteiger partial charge in [-0.15, -0.1) is 0 Å². The van der Waals surface area contributed by atoms with Gasteiger partial charge in [0.2, 0.25) is 0 Å². The maximum atomic E-state index is 3.66. The van der Waals surface area contributed by atoms with E-state index in [1.165, 1.54) is 30.5 Å². The average Bonchev–Trinajstić information content (AvgIpc) is 2.65. The molecule has 0 spiro atoms. The Balaban J connectivity index is 2.12. The van der Waals surface area contributed by atoms with Crippen molar-refractivity contribution in [3.05, 3.63) is 29.3 Å². The van der Waals surface area contributed by atoms with E-state index in [0.29, 0.717) is 0 Å². The van der Waals surface area contributed by atoms with E-state index in [-0.39, 0.29) is 0 Å². The van der Waals surface area contributed by atoms with Gasteiger partial charge in [-0.05, 0) is 30.9 Å². The number of benzene rings is 1. The number of para-hydroxylation sites is 1. The minimum Gasteiger partial charge on any atom is -0.381 e. The predicted molar refractivity (Wildman–Crippen MR) is 55.2 cm³/mol. The first-order valence-electron chi connectivity index (χ1n) is 5.22. The van der Waals surface area contributed by atoms with Crippen LogP contribution < -0.4 is 5.32 Å². The molecule has 2 unspecified atom stereocenters. The number of rotatable bonds is 0. The minimum absolute atomic E-state index is 0.746. The topological polar surface area (TPSA) is 12.0 Å². The summed E-state index contributed by atoms with van der Waals surface area (Å²) in [6, 6.07) is 7.44. The quantitative estimate of drug-likeness (QED) is 0.635. The van der Waals surface area contributed by atoms with Crippen molar-refractivity contribution in [2.75, 3.05) is 5.32 Å². The van der Waals surface area contributed by atoms with Gasteiger partial charge in [-0.3, -0.25) is 0 Å². The highest BCUT2D eigenvalue weighted by Gasteiger charge is 2.35. The Bertz CT molecular complexity index is 343. The number of fused-ring (bicyclic) bond motifs is 3. The van der Waals surface area contributed by atoms with Gasteiger partial charge in [0, 0.05) is 17.6 Å². The number of hydrogen-bond acceptors (Lipinski definition) is 1. The SMILES string of the molecule is Cc1cccc2c1NC1CCCC21. The van der Waals surface area contributed by atoms with E-state index in [9.17, 15) is 0 Å². The lowest BCUT2D eigenvalue weighted by Gasteiger charge is -2.08. The van der Waals surface area contributed by atoms with Gasteiger partial charge in [-0.1, -0.05) is 24.6 Å². The van der Waals surface area contributed by atoms with E-state index < -0.39 is 0 Å². The molecule has 1 heterocycles. The van der Waals surface area contributed by atoms with Crippen LogP contribution in [0.1, 0.15) is 36.3 Å². The molecule has 1 nitrogen and oxygen atoms in total. The molecule has 0 saturated heterocycles. The summed E-state index contributed by atoms with van der Waals surface area (Å²) in [5, 5.41) is 3.66. The van der Waals surface area contributed by atoms with Crippen molar-refractivity contribution >= 4 is 5.69 Å². The highest BCUT2D eigenvalue weighted by Crippen LogP contribution is 2.46. The van der Waals surface area contributed by atoms with E-state index in [2.05, 4.69) is 30.4 Å². The Hall–Kier alpha value is -0.980. The van der Waals surface area contributed by atoms with E-state index >= 15 is 0 Å². The maximum absolute atomic E-state index is 3.66. The number of aryl methyl sites for hydroxylation is 1. The van der Waals surface area contributed by atoms with E-state index in [4.69, 9.17) is 0 Å². The molecule has 1 fully saturated rings. The molecule has 0 bridgehead atoms. The second kappa shape index (κ2) is 2.50. The molecule has 1 aromatic carbocycles. The Labute approximate surface area is 79.2 Å². The molecule has 68 valence electrons. The molecule has 1 aliphatic carbocycles. The third-order valence-electron chi connectivity index (χ3n) is 3.55. The van der Waals surface area contributed by atoms with Crippen molar-refractivity contribution in [2.45, 2.75) is 38.1 Å². The summed E-state index contributed by atoms with van der Waals surface area (Å²) < 4.78 is 0. The number of hydrogen-bond donors (Lipinski definition) is 1. The lowest BCUT2D eigenvalue weighted by Crippen LogP contribution is -2.13. The molecular formula is C12H15N. The largest absolute Gasteiger partial charge is 0.381 e. The lowest BCUT2D eigenvalue weighted by atomic mass is 9.96. The van der Waals surface area contributed by atoms with Crippen LogP contribution in [0.15, 0.2) is 18.2 Å². The number of anilines is 1. The van der Waals surface area contributed by atoms with Gasteiger partial charge in [-0.25, -0.2) is 0 Å². The van der Waals surface area contributed by atoms with Gasteiger partial charge >= 0.3 is 0 Å². The van der Waals surface area contributed by atoms with Crippen molar-refractivity contribution in [2.24, 2.45) is 0 Å². The zero-order valence-electron chi connectivity index (χ0n) is 8.01. The van der Waals surface area contributed by atoms with E-state index in [1.54, 1.807) is 5.56 Å². The lowest BCUT2D eigenvalue weighted by molar-refractivity contribution is 0.689. The molecule has 1 aromatic rings. The highest BCUT2D eigenvalue weighted by atomic mass is 15.0. The summed E-state index contributed by atoms with van der Waals surface area (Å²) in [4.78, 5) is 0. The first kappa shape index (κ1) is 7.43. The zero-order valence-corrected chi connectivity index (χ0v) is 8.01. The maximum Gasteiger partial charge on any atom is 0.0408 e. The summed E-state index contributed by atoms with van der Waals surface area (Å²) >= 11 is 0. The van der Waals surface area contributed by atoms with Gasteiger partial charge in [0.15, 0.2) is 0 Å². The van der Waals surface area contributed by atoms with Crippen LogP contribution in [-0.2, 0) is 0 Å². The van der Waals surface area contributed by atoms with Gasteiger partial charge in [0.05, 0.1) is 0 Å². The molecule has 13 heavy (non-hydrogen) atoms. The monoisotopic (exact) mass is 173 g/mol. The Morgan fingerprint density at radius 3 is 3.15 bits per heavy atom. The Kier molecular flexibility index (Phi) is 1.43. The summed E-state index contributed by atoms with van der Waals surface area (Å²) in [5.74, 6) is 0.815. The Morgan fingerprint density at radius 2 is 2.23 bits per heavy atom. The molecular weight excluding hydrogens is 158 g/mol. The normalized spacial score (nSPS) is 29.6. The van der Waals surface area contributed by atoms with E-state index in [0.717, 1.165) is 12.0 Å². The summed E-state index contributed by atoms with van der Waals surface area (Å²) in [5.41, 5.74) is 4.41. The third-order valence-corrected chi connectivity index (χ3v) is 3.55. The van der Waals surface area contributed by atoms with Gasteiger partial charge in [-0.2, -0.15) is 0 Å². The molecule has 3 rings (SSSR count). The van der Waals surface area contributed by atoms with Crippen LogP contribution in [0.5, 0.6) is 0 Å². The van der Waals surface area contributed by atoms with Crippen LogP contribution in [0.2, 0.25) is 0 Å². The molecule has 0 aromatic heterocycles. The van der Waals surface area contributed by atoms with Gasteiger partial charge < -0.3 is 5.32 Å². The predicted octanol–water partition coefficient (Wildman–Crippen LogP) is 3.06. The minimum atomic E-state index is 0.746. The second-order valence-electron chi connectivity index (χ2n) is 4.33.